The van der Waals surface area contributed by atoms with Crippen LogP contribution in [0.5, 0.6) is 0 Å². The summed E-state index contributed by atoms with van der Waals surface area (Å²) in [5.41, 5.74) is 1.03. The first kappa shape index (κ1) is 29.8. The first-order valence-corrected chi connectivity index (χ1v) is 15.0. The first-order chi connectivity index (χ1) is 21.9. The standard InChI is InChI=1S/C35H33N5O5/c1-4-35(5-2)23(3)28(44-34(43)26-19-13-8-14-20-26)33(45-35)39-22-38-27-29(39)36-21-37-30(27)40(31(41)24-15-9-6-10-16-24)32(42)25-17-11-7-12-18-25/h6-23,28,33H,4-5H2,1-3H3/t23?,28-,33+/m0/s1. The molecular formula is C35H33N5O5. The molecule has 2 amide bonds. The molecule has 1 fully saturated rings. The number of amides is 2. The quantitative estimate of drug-likeness (QED) is 0.151. The predicted molar refractivity (Wildman–Crippen MR) is 168 cm³/mol. The minimum Gasteiger partial charge on any atom is -0.454 e. The fraction of sp³-hybridized carbons (Fsp3) is 0.257. The number of anilines is 1. The van der Waals surface area contributed by atoms with E-state index in [1.807, 2.05) is 26.8 Å². The summed E-state index contributed by atoms with van der Waals surface area (Å²) in [7, 11) is 0. The van der Waals surface area contributed by atoms with E-state index >= 15 is 0 Å². The summed E-state index contributed by atoms with van der Waals surface area (Å²) < 4.78 is 14.6. The van der Waals surface area contributed by atoms with Crippen molar-refractivity contribution in [2.75, 3.05) is 4.90 Å². The summed E-state index contributed by atoms with van der Waals surface area (Å²) in [5.74, 6) is -1.72. The first-order valence-electron chi connectivity index (χ1n) is 15.0. The molecule has 0 radical (unpaired) electrons. The van der Waals surface area contributed by atoms with Crippen LogP contribution in [0.3, 0.4) is 0 Å². The number of aromatic nitrogens is 4. The normalized spacial score (nSPS) is 18.9. The molecule has 3 heterocycles. The Hall–Kier alpha value is -5.22. The second kappa shape index (κ2) is 12.4. The van der Waals surface area contributed by atoms with Gasteiger partial charge in [0.15, 0.2) is 29.3 Å². The SMILES string of the molecule is CCC1(CC)O[C@@H](n2cnc3c(N(C(=O)c4ccccc4)C(=O)c4ccccc4)ncnc32)[C@@H](OC(=O)c2ccccc2)C1C. The van der Waals surface area contributed by atoms with E-state index in [1.54, 1.807) is 89.5 Å². The fourth-order valence-corrected chi connectivity index (χ4v) is 6.06. The van der Waals surface area contributed by atoms with E-state index < -0.39 is 35.7 Å². The smallest absolute Gasteiger partial charge is 0.338 e. The van der Waals surface area contributed by atoms with E-state index in [4.69, 9.17) is 9.47 Å². The molecule has 0 aliphatic carbocycles. The van der Waals surface area contributed by atoms with Gasteiger partial charge in [-0.15, -0.1) is 0 Å². The number of nitrogens with zero attached hydrogens (tertiary/aromatic N) is 5. The lowest BCUT2D eigenvalue weighted by Gasteiger charge is -2.30. The highest BCUT2D eigenvalue weighted by Gasteiger charge is 2.54. The van der Waals surface area contributed by atoms with Crippen molar-refractivity contribution in [3.8, 4) is 0 Å². The number of ether oxygens (including phenoxy) is 2. The summed E-state index contributed by atoms with van der Waals surface area (Å²) in [5, 5.41) is 0. The van der Waals surface area contributed by atoms with Crippen LogP contribution < -0.4 is 4.90 Å². The van der Waals surface area contributed by atoms with Crippen molar-refractivity contribution >= 4 is 34.8 Å². The molecule has 45 heavy (non-hydrogen) atoms. The Morgan fingerprint density at radius 1 is 0.800 bits per heavy atom. The highest BCUT2D eigenvalue weighted by Crippen LogP contribution is 2.48. The molecule has 1 aliphatic rings. The molecule has 1 unspecified atom stereocenters. The fourth-order valence-electron chi connectivity index (χ4n) is 6.06. The average molecular weight is 604 g/mol. The number of carbonyl (C=O) groups is 3. The topological polar surface area (TPSA) is 117 Å². The molecule has 0 spiro atoms. The maximum Gasteiger partial charge on any atom is 0.338 e. The van der Waals surface area contributed by atoms with E-state index in [0.717, 1.165) is 4.90 Å². The minimum absolute atomic E-state index is 0.0302. The number of esters is 1. The maximum absolute atomic E-state index is 13.9. The lowest BCUT2D eigenvalue weighted by atomic mass is 9.82. The summed E-state index contributed by atoms with van der Waals surface area (Å²) in [6, 6.07) is 25.9. The summed E-state index contributed by atoms with van der Waals surface area (Å²) >= 11 is 0. The zero-order valence-electron chi connectivity index (χ0n) is 25.2. The highest BCUT2D eigenvalue weighted by molar-refractivity contribution is 6.27. The Balaban J connectivity index is 1.45. The second-order valence-corrected chi connectivity index (χ2v) is 11.0. The summed E-state index contributed by atoms with van der Waals surface area (Å²) in [6.45, 7) is 6.12. The van der Waals surface area contributed by atoms with Crippen molar-refractivity contribution in [1.82, 2.24) is 19.5 Å². The molecule has 6 rings (SSSR count). The zero-order valence-corrected chi connectivity index (χ0v) is 25.2. The number of benzene rings is 3. The van der Waals surface area contributed by atoms with Gasteiger partial charge in [0.2, 0.25) is 0 Å². The van der Waals surface area contributed by atoms with Crippen LogP contribution in [0.4, 0.5) is 5.82 Å². The second-order valence-electron chi connectivity index (χ2n) is 11.0. The van der Waals surface area contributed by atoms with Crippen LogP contribution in [0.15, 0.2) is 104 Å². The average Bonchev–Trinajstić information content (AvgIpc) is 3.65. The van der Waals surface area contributed by atoms with Gasteiger partial charge in [-0.1, -0.05) is 75.4 Å². The molecule has 3 aromatic carbocycles. The lowest BCUT2D eigenvalue weighted by molar-refractivity contribution is -0.0964. The van der Waals surface area contributed by atoms with Crippen LogP contribution in [0, 0.1) is 5.92 Å². The number of carbonyl (C=O) groups excluding carboxylic acids is 3. The molecule has 228 valence electrons. The molecule has 0 bridgehead atoms. The number of imide groups is 1. The number of rotatable bonds is 8. The van der Waals surface area contributed by atoms with Gasteiger partial charge in [-0.05, 0) is 49.2 Å². The molecule has 0 saturated carbocycles. The largest absolute Gasteiger partial charge is 0.454 e. The Kier molecular flexibility index (Phi) is 8.23. The molecular weight excluding hydrogens is 570 g/mol. The van der Waals surface area contributed by atoms with E-state index in [1.165, 1.54) is 12.7 Å². The van der Waals surface area contributed by atoms with Crippen LogP contribution in [-0.4, -0.2) is 49.0 Å². The Labute approximate surface area is 260 Å². The third-order valence-corrected chi connectivity index (χ3v) is 8.68. The monoisotopic (exact) mass is 603 g/mol. The molecule has 0 N–H and O–H groups in total. The molecule has 3 atom stereocenters. The third kappa shape index (κ3) is 5.38. The van der Waals surface area contributed by atoms with Gasteiger partial charge >= 0.3 is 5.97 Å². The van der Waals surface area contributed by atoms with E-state index in [-0.39, 0.29) is 17.3 Å². The molecule has 5 aromatic rings. The van der Waals surface area contributed by atoms with E-state index in [9.17, 15) is 14.4 Å². The molecule has 2 aromatic heterocycles. The van der Waals surface area contributed by atoms with Gasteiger partial charge in [0.25, 0.3) is 11.8 Å². The van der Waals surface area contributed by atoms with E-state index in [0.29, 0.717) is 35.2 Å². The van der Waals surface area contributed by atoms with Gasteiger partial charge in [-0.3, -0.25) is 14.2 Å². The molecule has 10 heteroatoms. The van der Waals surface area contributed by atoms with Crippen molar-refractivity contribution < 1.29 is 23.9 Å². The summed E-state index contributed by atoms with van der Waals surface area (Å²) in [4.78, 5) is 55.6. The zero-order chi connectivity index (χ0) is 31.6. The predicted octanol–water partition coefficient (Wildman–Crippen LogP) is 6.26. The maximum atomic E-state index is 13.9. The van der Waals surface area contributed by atoms with Crippen LogP contribution in [0.2, 0.25) is 0 Å². The van der Waals surface area contributed by atoms with Crippen molar-refractivity contribution in [2.24, 2.45) is 5.92 Å². The van der Waals surface area contributed by atoms with Crippen molar-refractivity contribution in [3.05, 3.63) is 120 Å². The highest BCUT2D eigenvalue weighted by atomic mass is 16.6. The number of imidazole rings is 1. The number of hydrogen-bond acceptors (Lipinski definition) is 8. The van der Waals surface area contributed by atoms with Gasteiger partial charge in [-0.2, -0.15) is 0 Å². The van der Waals surface area contributed by atoms with Gasteiger partial charge in [-0.25, -0.2) is 24.6 Å². The Morgan fingerprint density at radius 3 is 1.87 bits per heavy atom. The third-order valence-electron chi connectivity index (χ3n) is 8.68. The van der Waals surface area contributed by atoms with Crippen molar-refractivity contribution in [2.45, 2.75) is 51.5 Å². The minimum atomic E-state index is -0.775. The Bertz CT molecular complexity index is 1770. The van der Waals surface area contributed by atoms with Gasteiger partial charge < -0.3 is 9.47 Å². The van der Waals surface area contributed by atoms with Gasteiger partial charge in [0, 0.05) is 17.0 Å². The van der Waals surface area contributed by atoms with Crippen molar-refractivity contribution in [3.63, 3.8) is 0 Å². The molecule has 1 aliphatic heterocycles. The van der Waals surface area contributed by atoms with Gasteiger partial charge in [0.05, 0.1) is 17.5 Å². The number of hydrogen-bond donors (Lipinski definition) is 0. The van der Waals surface area contributed by atoms with Crippen molar-refractivity contribution in [1.29, 1.82) is 0 Å². The Morgan fingerprint density at radius 2 is 1.33 bits per heavy atom. The molecule has 1 saturated heterocycles. The van der Waals surface area contributed by atoms with Crippen LogP contribution in [0.1, 0.15) is 70.9 Å². The summed E-state index contributed by atoms with van der Waals surface area (Å²) in [6.07, 6.45) is 2.75. The van der Waals surface area contributed by atoms with Crippen LogP contribution in [-0.2, 0) is 9.47 Å². The van der Waals surface area contributed by atoms with Crippen LogP contribution in [0.25, 0.3) is 11.2 Å². The van der Waals surface area contributed by atoms with Crippen LogP contribution >= 0.6 is 0 Å². The number of fused-ring (bicyclic) bond motifs is 1. The van der Waals surface area contributed by atoms with Gasteiger partial charge in [0.1, 0.15) is 6.33 Å². The lowest BCUT2D eigenvalue weighted by Crippen LogP contribution is -2.38. The van der Waals surface area contributed by atoms with E-state index in [2.05, 4.69) is 15.0 Å². The molecule has 10 nitrogen and oxygen atoms in total.